The molecule has 9 heteroatoms. The summed E-state index contributed by atoms with van der Waals surface area (Å²) in [6.07, 6.45) is -4.34. The number of halogens is 4. The molecule has 3 N–H and O–H groups in total. The lowest BCUT2D eigenvalue weighted by Crippen LogP contribution is -2.36. The maximum atomic E-state index is 12.5. The molecule has 0 saturated heterocycles. The Kier molecular flexibility index (Phi) is 5.98. The maximum absolute atomic E-state index is 12.5. The first-order chi connectivity index (χ1) is 9.75. The summed E-state index contributed by atoms with van der Waals surface area (Å²) in [6, 6.07) is 2.38. The SMILES string of the molecule is O=C(NCCCO)C(=O)Nc1cc(C(F)(F)F)ccc1Cl. The number of benzene rings is 1. The average Bonchev–Trinajstić information content (AvgIpc) is 2.40. The minimum absolute atomic E-state index is 0.0685. The number of rotatable bonds is 4. The quantitative estimate of drug-likeness (QED) is 0.583. The summed E-state index contributed by atoms with van der Waals surface area (Å²) in [5.74, 6) is -2.17. The molecule has 1 aromatic carbocycles. The molecule has 5 nitrogen and oxygen atoms in total. The highest BCUT2D eigenvalue weighted by atomic mass is 35.5. The van der Waals surface area contributed by atoms with Crippen LogP contribution in [0, 0.1) is 0 Å². The molecule has 0 fully saturated rings. The first-order valence-electron chi connectivity index (χ1n) is 5.82. The second-order valence-corrected chi connectivity index (χ2v) is 4.39. The van der Waals surface area contributed by atoms with Crippen LogP contribution in [0.3, 0.4) is 0 Å². The predicted octanol–water partition coefficient (Wildman–Crippen LogP) is 1.80. The molecular weight excluding hydrogens is 313 g/mol. The molecule has 116 valence electrons. The number of alkyl halides is 3. The van der Waals surface area contributed by atoms with Gasteiger partial charge < -0.3 is 15.7 Å². The van der Waals surface area contributed by atoms with E-state index in [1.807, 2.05) is 5.32 Å². The summed E-state index contributed by atoms with van der Waals surface area (Å²) in [5, 5.41) is 12.6. The highest BCUT2D eigenvalue weighted by Gasteiger charge is 2.31. The van der Waals surface area contributed by atoms with Gasteiger partial charge in [-0.05, 0) is 24.6 Å². The fourth-order valence-corrected chi connectivity index (χ4v) is 1.50. The van der Waals surface area contributed by atoms with Crippen molar-refractivity contribution in [1.29, 1.82) is 0 Å². The molecule has 0 aliphatic rings. The largest absolute Gasteiger partial charge is 0.416 e. The van der Waals surface area contributed by atoms with Crippen molar-refractivity contribution < 1.29 is 27.9 Å². The standard InChI is InChI=1S/C12H12ClF3N2O3/c13-8-3-2-7(12(14,15)16)6-9(8)18-11(21)10(20)17-4-1-5-19/h2-3,6,19H,1,4-5H2,(H,17,20)(H,18,21). The Hall–Kier alpha value is -1.80. The molecule has 1 aromatic rings. The van der Waals surface area contributed by atoms with Gasteiger partial charge in [-0.3, -0.25) is 9.59 Å². The number of hydrogen-bond acceptors (Lipinski definition) is 3. The Balaban J connectivity index is 2.78. The summed E-state index contributed by atoms with van der Waals surface area (Å²) in [6.45, 7) is -0.0968. The van der Waals surface area contributed by atoms with Gasteiger partial charge in [0.2, 0.25) is 0 Å². The second kappa shape index (κ2) is 7.28. The van der Waals surface area contributed by atoms with Gasteiger partial charge in [0, 0.05) is 13.2 Å². The van der Waals surface area contributed by atoms with Gasteiger partial charge in [0.25, 0.3) is 0 Å². The average molecular weight is 325 g/mol. The van der Waals surface area contributed by atoms with E-state index in [-0.39, 0.29) is 30.3 Å². The highest BCUT2D eigenvalue weighted by molar-refractivity contribution is 6.41. The van der Waals surface area contributed by atoms with Crippen LogP contribution in [0.4, 0.5) is 18.9 Å². The topological polar surface area (TPSA) is 78.4 Å². The smallest absolute Gasteiger partial charge is 0.396 e. The summed E-state index contributed by atoms with van der Waals surface area (Å²) in [4.78, 5) is 22.8. The summed E-state index contributed by atoms with van der Waals surface area (Å²) < 4.78 is 37.6. The molecule has 0 spiro atoms. The van der Waals surface area contributed by atoms with Crippen LogP contribution in [-0.2, 0) is 15.8 Å². The Morgan fingerprint density at radius 1 is 1.24 bits per heavy atom. The third-order valence-electron chi connectivity index (χ3n) is 2.37. The van der Waals surface area contributed by atoms with Crippen molar-refractivity contribution in [3.63, 3.8) is 0 Å². The Labute approximate surface area is 123 Å². The Morgan fingerprint density at radius 2 is 1.90 bits per heavy atom. The zero-order chi connectivity index (χ0) is 16.0. The summed E-state index contributed by atoms with van der Waals surface area (Å²) in [7, 11) is 0. The number of aliphatic hydroxyl groups is 1. The van der Waals surface area contributed by atoms with Crippen molar-refractivity contribution in [3.8, 4) is 0 Å². The number of carbonyl (C=O) groups is 2. The van der Waals surface area contributed by atoms with E-state index in [0.29, 0.717) is 6.07 Å². The van der Waals surface area contributed by atoms with E-state index in [1.54, 1.807) is 0 Å². The van der Waals surface area contributed by atoms with Crippen molar-refractivity contribution in [2.45, 2.75) is 12.6 Å². The van der Waals surface area contributed by atoms with E-state index in [1.165, 1.54) is 0 Å². The van der Waals surface area contributed by atoms with Crippen LogP contribution >= 0.6 is 11.6 Å². The number of carbonyl (C=O) groups excluding carboxylic acids is 2. The molecule has 0 radical (unpaired) electrons. The molecule has 0 aromatic heterocycles. The van der Waals surface area contributed by atoms with Crippen molar-refractivity contribution in [3.05, 3.63) is 28.8 Å². The minimum atomic E-state index is -4.59. The van der Waals surface area contributed by atoms with E-state index in [0.717, 1.165) is 12.1 Å². The van der Waals surface area contributed by atoms with Gasteiger partial charge >= 0.3 is 18.0 Å². The number of anilines is 1. The van der Waals surface area contributed by atoms with Gasteiger partial charge in [0.1, 0.15) is 0 Å². The van der Waals surface area contributed by atoms with Gasteiger partial charge in [-0.25, -0.2) is 0 Å². The van der Waals surface area contributed by atoms with Crippen molar-refractivity contribution in [2.24, 2.45) is 0 Å². The third-order valence-corrected chi connectivity index (χ3v) is 2.70. The second-order valence-electron chi connectivity index (χ2n) is 3.98. The zero-order valence-electron chi connectivity index (χ0n) is 10.6. The van der Waals surface area contributed by atoms with Crippen molar-refractivity contribution in [1.82, 2.24) is 5.32 Å². The van der Waals surface area contributed by atoms with Crippen LogP contribution in [0.5, 0.6) is 0 Å². The number of aliphatic hydroxyl groups excluding tert-OH is 1. The molecule has 0 saturated carbocycles. The molecule has 2 amide bonds. The minimum Gasteiger partial charge on any atom is -0.396 e. The molecular formula is C12H12ClF3N2O3. The van der Waals surface area contributed by atoms with Crippen LogP contribution in [0.25, 0.3) is 0 Å². The molecule has 0 heterocycles. The third kappa shape index (κ3) is 5.24. The first kappa shape index (κ1) is 17.3. The Morgan fingerprint density at radius 3 is 2.48 bits per heavy atom. The molecule has 1 rings (SSSR count). The summed E-state index contributed by atoms with van der Waals surface area (Å²) in [5.41, 5.74) is -1.31. The first-order valence-corrected chi connectivity index (χ1v) is 6.20. The number of hydrogen-bond donors (Lipinski definition) is 3. The summed E-state index contributed by atoms with van der Waals surface area (Å²) >= 11 is 5.68. The molecule has 0 unspecified atom stereocenters. The Bertz CT molecular complexity index is 535. The normalized spacial score (nSPS) is 11.1. The van der Waals surface area contributed by atoms with Gasteiger partial charge in [-0.2, -0.15) is 13.2 Å². The molecule has 0 aliphatic heterocycles. The van der Waals surface area contributed by atoms with E-state index < -0.39 is 23.6 Å². The van der Waals surface area contributed by atoms with Crippen molar-refractivity contribution >= 4 is 29.1 Å². The monoisotopic (exact) mass is 324 g/mol. The van der Waals surface area contributed by atoms with Crippen LogP contribution in [0.1, 0.15) is 12.0 Å². The fourth-order valence-electron chi connectivity index (χ4n) is 1.34. The fraction of sp³-hybridized carbons (Fsp3) is 0.333. The predicted molar refractivity (Wildman–Crippen MR) is 69.8 cm³/mol. The lowest BCUT2D eigenvalue weighted by atomic mass is 10.2. The van der Waals surface area contributed by atoms with Crippen molar-refractivity contribution in [2.75, 3.05) is 18.5 Å². The van der Waals surface area contributed by atoms with Crippen LogP contribution in [0.2, 0.25) is 5.02 Å². The van der Waals surface area contributed by atoms with E-state index in [9.17, 15) is 22.8 Å². The van der Waals surface area contributed by atoms with E-state index in [2.05, 4.69) is 5.32 Å². The van der Waals surface area contributed by atoms with Gasteiger partial charge in [0.15, 0.2) is 0 Å². The lowest BCUT2D eigenvalue weighted by molar-refractivity contribution is -0.137. The maximum Gasteiger partial charge on any atom is 0.416 e. The van der Waals surface area contributed by atoms with Gasteiger partial charge in [-0.15, -0.1) is 0 Å². The van der Waals surface area contributed by atoms with Gasteiger partial charge in [-0.1, -0.05) is 11.6 Å². The van der Waals surface area contributed by atoms with E-state index >= 15 is 0 Å². The number of nitrogens with one attached hydrogen (secondary N) is 2. The van der Waals surface area contributed by atoms with Crippen LogP contribution in [-0.4, -0.2) is 30.1 Å². The molecule has 0 bridgehead atoms. The van der Waals surface area contributed by atoms with Crippen LogP contribution in [0.15, 0.2) is 18.2 Å². The number of amides is 2. The molecule has 0 atom stereocenters. The van der Waals surface area contributed by atoms with E-state index in [4.69, 9.17) is 16.7 Å². The van der Waals surface area contributed by atoms with Gasteiger partial charge in [0.05, 0.1) is 16.3 Å². The van der Waals surface area contributed by atoms with Crippen LogP contribution < -0.4 is 10.6 Å². The lowest BCUT2D eigenvalue weighted by Gasteiger charge is -2.11. The zero-order valence-corrected chi connectivity index (χ0v) is 11.4. The highest BCUT2D eigenvalue weighted by Crippen LogP contribution is 2.33. The molecule has 21 heavy (non-hydrogen) atoms. The molecule has 0 aliphatic carbocycles.